The summed E-state index contributed by atoms with van der Waals surface area (Å²) in [5.41, 5.74) is 2.29. The van der Waals surface area contributed by atoms with Crippen molar-refractivity contribution in [2.24, 2.45) is 0 Å². The normalized spacial score (nSPS) is 11.5. The lowest BCUT2D eigenvalue weighted by Gasteiger charge is -2.05. The Morgan fingerprint density at radius 1 is 1.29 bits per heavy atom. The number of fused-ring (bicyclic) bond motifs is 1. The number of allylic oxidation sites excluding steroid dienone is 1. The number of ether oxygens (including phenoxy) is 1. The molecular weight excluding hydrogens is 328 g/mol. The topological polar surface area (TPSA) is 64.4 Å². The minimum Gasteiger partial charge on any atom is -0.494 e. The van der Waals surface area contributed by atoms with Gasteiger partial charge in [-0.1, -0.05) is 11.6 Å². The number of aromatic nitrogens is 1. The van der Waals surface area contributed by atoms with Crippen molar-refractivity contribution in [1.29, 1.82) is 0 Å². The van der Waals surface area contributed by atoms with Crippen LogP contribution in [-0.4, -0.2) is 17.9 Å². The highest BCUT2D eigenvalue weighted by Gasteiger charge is 2.10. The summed E-state index contributed by atoms with van der Waals surface area (Å²) < 4.78 is 11.0. The van der Waals surface area contributed by atoms with Crippen molar-refractivity contribution in [3.05, 3.63) is 59.6 Å². The molecule has 1 heterocycles. The number of nitrogens with zero attached hydrogens (tertiary/aromatic N) is 1. The number of halogens is 1. The van der Waals surface area contributed by atoms with Gasteiger partial charge in [-0.3, -0.25) is 4.79 Å². The Hall–Kier alpha value is -2.79. The number of anilines is 1. The summed E-state index contributed by atoms with van der Waals surface area (Å²) in [6, 6.07) is 12.5. The van der Waals surface area contributed by atoms with Crippen LogP contribution in [0.2, 0.25) is 5.02 Å². The molecule has 0 radical (unpaired) electrons. The average Bonchev–Trinajstić information content (AvgIpc) is 3.00. The van der Waals surface area contributed by atoms with Gasteiger partial charge in [0.2, 0.25) is 5.89 Å². The number of aldehydes is 1. The molecule has 0 aliphatic heterocycles. The van der Waals surface area contributed by atoms with Crippen molar-refractivity contribution in [2.75, 3.05) is 11.9 Å². The summed E-state index contributed by atoms with van der Waals surface area (Å²) in [4.78, 5) is 15.6. The number of hydrogen-bond acceptors (Lipinski definition) is 5. The molecule has 1 N–H and O–H groups in total. The molecule has 0 aliphatic rings. The van der Waals surface area contributed by atoms with Gasteiger partial charge < -0.3 is 14.5 Å². The van der Waals surface area contributed by atoms with Crippen LogP contribution in [-0.2, 0) is 4.79 Å². The van der Waals surface area contributed by atoms with Gasteiger partial charge in [0.15, 0.2) is 11.9 Å². The molecule has 6 heteroatoms. The SMILES string of the molecule is CCOc1ccc(NC=C(C=O)c2nc3cc(Cl)ccc3o2)cc1. The third-order valence-corrected chi connectivity index (χ3v) is 3.52. The van der Waals surface area contributed by atoms with E-state index in [4.69, 9.17) is 20.8 Å². The van der Waals surface area contributed by atoms with Crippen LogP contribution >= 0.6 is 11.6 Å². The zero-order valence-electron chi connectivity index (χ0n) is 13.0. The fourth-order valence-corrected chi connectivity index (χ4v) is 2.31. The van der Waals surface area contributed by atoms with E-state index in [1.807, 2.05) is 31.2 Å². The summed E-state index contributed by atoms with van der Waals surface area (Å²) in [6.07, 6.45) is 2.24. The zero-order chi connectivity index (χ0) is 16.9. The van der Waals surface area contributed by atoms with Crippen molar-refractivity contribution in [1.82, 2.24) is 4.98 Å². The van der Waals surface area contributed by atoms with Crippen LogP contribution in [0, 0.1) is 0 Å². The maximum atomic E-state index is 11.4. The minimum atomic E-state index is 0.237. The first-order valence-corrected chi connectivity index (χ1v) is 7.78. The van der Waals surface area contributed by atoms with E-state index >= 15 is 0 Å². The predicted octanol–water partition coefficient (Wildman–Crippen LogP) is 4.53. The van der Waals surface area contributed by atoms with E-state index in [-0.39, 0.29) is 5.89 Å². The lowest BCUT2D eigenvalue weighted by Crippen LogP contribution is -1.94. The Morgan fingerprint density at radius 3 is 2.79 bits per heavy atom. The van der Waals surface area contributed by atoms with Gasteiger partial charge in [0, 0.05) is 16.9 Å². The molecule has 3 rings (SSSR count). The summed E-state index contributed by atoms with van der Waals surface area (Å²) in [5, 5.41) is 3.61. The number of hydrogen-bond donors (Lipinski definition) is 1. The zero-order valence-corrected chi connectivity index (χ0v) is 13.7. The molecule has 3 aromatic rings. The molecule has 0 saturated heterocycles. The van der Waals surface area contributed by atoms with Crippen molar-refractivity contribution >= 4 is 40.2 Å². The Labute approximate surface area is 143 Å². The van der Waals surface area contributed by atoms with Crippen molar-refractivity contribution < 1.29 is 13.9 Å². The van der Waals surface area contributed by atoms with Gasteiger partial charge >= 0.3 is 0 Å². The van der Waals surface area contributed by atoms with Crippen LogP contribution in [0.3, 0.4) is 0 Å². The molecule has 0 bridgehead atoms. The number of oxazole rings is 1. The van der Waals surface area contributed by atoms with Crippen molar-refractivity contribution in [3.63, 3.8) is 0 Å². The molecule has 5 nitrogen and oxygen atoms in total. The number of carbonyl (C=O) groups excluding carboxylic acids is 1. The molecule has 122 valence electrons. The Kier molecular flexibility index (Phi) is 4.82. The molecule has 0 saturated carbocycles. The average molecular weight is 343 g/mol. The molecule has 0 amide bonds. The van der Waals surface area contributed by atoms with Gasteiger partial charge in [-0.15, -0.1) is 0 Å². The van der Waals surface area contributed by atoms with Crippen molar-refractivity contribution in [2.45, 2.75) is 6.92 Å². The van der Waals surface area contributed by atoms with Crippen LogP contribution in [0.25, 0.3) is 16.7 Å². The standard InChI is InChI=1S/C18H15ClN2O3/c1-2-23-15-6-4-14(5-7-15)20-10-12(11-22)18-21-16-9-13(19)3-8-17(16)24-18/h3-11,20H,2H2,1H3. The van der Waals surface area contributed by atoms with E-state index < -0.39 is 0 Å². The molecule has 0 unspecified atom stereocenters. The molecule has 1 aromatic heterocycles. The second kappa shape index (κ2) is 7.19. The lowest BCUT2D eigenvalue weighted by molar-refractivity contribution is -0.103. The monoisotopic (exact) mass is 342 g/mol. The quantitative estimate of drug-likeness (QED) is 0.526. The first-order valence-electron chi connectivity index (χ1n) is 7.41. The third kappa shape index (κ3) is 3.58. The largest absolute Gasteiger partial charge is 0.494 e. The van der Waals surface area contributed by atoms with Gasteiger partial charge in [0.25, 0.3) is 0 Å². The summed E-state index contributed by atoms with van der Waals surface area (Å²) in [6.45, 7) is 2.54. The second-order valence-corrected chi connectivity index (χ2v) is 5.39. The minimum absolute atomic E-state index is 0.237. The van der Waals surface area contributed by atoms with Crippen LogP contribution in [0.1, 0.15) is 12.8 Å². The van der Waals surface area contributed by atoms with Crippen LogP contribution in [0.5, 0.6) is 5.75 Å². The van der Waals surface area contributed by atoms with Gasteiger partial charge in [-0.2, -0.15) is 0 Å². The van der Waals surface area contributed by atoms with E-state index in [0.29, 0.717) is 34.6 Å². The maximum absolute atomic E-state index is 11.4. The highest BCUT2D eigenvalue weighted by Crippen LogP contribution is 2.23. The Morgan fingerprint density at radius 2 is 2.08 bits per heavy atom. The summed E-state index contributed by atoms with van der Waals surface area (Å²) >= 11 is 5.93. The van der Waals surface area contributed by atoms with E-state index in [9.17, 15) is 4.79 Å². The number of nitrogens with one attached hydrogen (secondary N) is 1. The molecule has 0 aliphatic carbocycles. The lowest BCUT2D eigenvalue weighted by atomic mass is 10.3. The fraction of sp³-hybridized carbons (Fsp3) is 0.111. The van der Waals surface area contributed by atoms with E-state index in [1.54, 1.807) is 24.4 Å². The molecule has 0 spiro atoms. The molecular formula is C18H15ClN2O3. The maximum Gasteiger partial charge on any atom is 0.232 e. The molecule has 2 aromatic carbocycles. The summed E-state index contributed by atoms with van der Waals surface area (Å²) in [7, 11) is 0. The van der Waals surface area contributed by atoms with Gasteiger partial charge in [0.1, 0.15) is 11.3 Å². The first-order chi connectivity index (χ1) is 11.7. The summed E-state index contributed by atoms with van der Waals surface area (Å²) in [5.74, 6) is 1.03. The smallest absolute Gasteiger partial charge is 0.232 e. The van der Waals surface area contributed by atoms with Crippen molar-refractivity contribution in [3.8, 4) is 5.75 Å². The molecule has 24 heavy (non-hydrogen) atoms. The van der Waals surface area contributed by atoms with Crippen LogP contribution in [0.15, 0.2) is 53.1 Å². The predicted molar refractivity (Wildman–Crippen MR) is 94.3 cm³/mol. The number of rotatable bonds is 6. The van der Waals surface area contributed by atoms with E-state index in [1.165, 1.54) is 0 Å². The Balaban J connectivity index is 1.81. The highest BCUT2D eigenvalue weighted by molar-refractivity contribution is 6.31. The highest BCUT2D eigenvalue weighted by atomic mass is 35.5. The second-order valence-electron chi connectivity index (χ2n) is 4.95. The van der Waals surface area contributed by atoms with Gasteiger partial charge in [-0.25, -0.2) is 4.98 Å². The van der Waals surface area contributed by atoms with Crippen LogP contribution < -0.4 is 10.1 Å². The molecule has 0 atom stereocenters. The first kappa shape index (κ1) is 16.1. The van der Waals surface area contributed by atoms with E-state index in [2.05, 4.69) is 10.3 Å². The fourth-order valence-electron chi connectivity index (χ4n) is 2.15. The number of benzene rings is 2. The van der Waals surface area contributed by atoms with Gasteiger partial charge in [-0.05, 0) is 49.4 Å². The third-order valence-electron chi connectivity index (χ3n) is 3.28. The van der Waals surface area contributed by atoms with Crippen LogP contribution in [0.4, 0.5) is 5.69 Å². The molecule has 0 fully saturated rings. The Bertz CT molecular complexity index is 885. The van der Waals surface area contributed by atoms with Gasteiger partial charge in [0.05, 0.1) is 12.2 Å². The number of carbonyl (C=O) groups is 1. The van der Waals surface area contributed by atoms with E-state index in [0.717, 1.165) is 11.4 Å².